The van der Waals surface area contributed by atoms with Crippen molar-refractivity contribution in [2.45, 2.75) is 26.3 Å². The van der Waals surface area contributed by atoms with Crippen molar-refractivity contribution in [2.24, 2.45) is 0 Å². The van der Waals surface area contributed by atoms with E-state index in [1.54, 1.807) is 30.6 Å². The van der Waals surface area contributed by atoms with Crippen molar-refractivity contribution in [2.75, 3.05) is 32.1 Å². The molecule has 0 radical (unpaired) electrons. The molecule has 1 atom stereocenters. The van der Waals surface area contributed by atoms with Gasteiger partial charge in [-0.3, -0.25) is 4.79 Å². The maximum absolute atomic E-state index is 12.0. The number of rotatable bonds is 7. The number of hydrogen-bond donors (Lipinski definition) is 1. The van der Waals surface area contributed by atoms with Crippen molar-refractivity contribution in [1.29, 1.82) is 0 Å². The van der Waals surface area contributed by atoms with Crippen molar-refractivity contribution in [3.8, 4) is 0 Å². The maximum Gasteiger partial charge on any atom is 0.323 e. The van der Waals surface area contributed by atoms with Crippen LogP contribution in [0.25, 0.3) is 0 Å². The first-order chi connectivity index (χ1) is 7.93. The fourth-order valence-electron chi connectivity index (χ4n) is 1.37. The average molecular weight is 262 g/mol. The van der Waals surface area contributed by atoms with Crippen molar-refractivity contribution in [3.05, 3.63) is 0 Å². The van der Waals surface area contributed by atoms with Gasteiger partial charge in [-0.2, -0.15) is 11.8 Å². The second-order valence-corrected chi connectivity index (χ2v) is 4.92. The second-order valence-electron chi connectivity index (χ2n) is 3.93. The van der Waals surface area contributed by atoms with Gasteiger partial charge in [0.2, 0.25) is 0 Å². The predicted octanol–water partition coefficient (Wildman–Crippen LogP) is 1.59. The zero-order chi connectivity index (χ0) is 13.4. The van der Waals surface area contributed by atoms with Gasteiger partial charge in [0.05, 0.1) is 0 Å². The van der Waals surface area contributed by atoms with E-state index in [2.05, 4.69) is 0 Å². The van der Waals surface area contributed by atoms with E-state index in [0.717, 1.165) is 12.2 Å². The molecule has 0 rings (SSSR count). The molecule has 6 heteroatoms. The quantitative estimate of drug-likeness (QED) is 0.757. The van der Waals surface area contributed by atoms with Gasteiger partial charge in [0.15, 0.2) is 0 Å². The minimum Gasteiger partial charge on any atom is -0.480 e. The van der Waals surface area contributed by atoms with Gasteiger partial charge in [0.1, 0.15) is 6.54 Å². The van der Waals surface area contributed by atoms with Crippen molar-refractivity contribution in [1.82, 2.24) is 9.80 Å². The Bertz CT molecular complexity index is 261. The number of aliphatic carboxylic acids is 1. The molecule has 0 aliphatic heterocycles. The fraction of sp³-hybridized carbons (Fsp3) is 0.818. The summed E-state index contributed by atoms with van der Waals surface area (Å²) in [7, 11) is 1.72. The largest absolute Gasteiger partial charge is 0.480 e. The van der Waals surface area contributed by atoms with E-state index in [0.29, 0.717) is 6.54 Å². The molecule has 2 amide bonds. The lowest BCUT2D eigenvalue weighted by molar-refractivity contribution is -0.137. The number of urea groups is 1. The lowest BCUT2D eigenvalue weighted by atomic mass is 10.2. The maximum atomic E-state index is 12.0. The minimum absolute atomic E-state index is 0.123. The van der Waals surface area contributed by atoms with Crippen LogP contribution in [0.5, 0.6) is 0 Å². The number of amides is 2. The molecule has 1 unspecified atom stereocenters. The van der Waals surface area contributed by atoms with Gasteiger partial charge in [-0.1, -0.05) is 0 Å². The molecular formula is C11H22N2O3S. The molecule has 0 aliphatic rings. The molecular weight excluding hydrogens is 240 g/mol. The van der Waals surface area contributed by atoms with E-state index < -0.39 is 5.97 Å². The van der Waals surface area contributed by atoms with E-state index in [-0.39, 0.29) is 18.6 Å². The molecule has 0 aliphatic carbocycles. The normalized spacial score (nSPS) is 12.0. The van der Waals surface area contributed by atoms with E-state index >= 15 is 0 Å². The SMILES string of the molecule is CCN(CC(=O)O)C(=O)N(C)C(C)CCSC. The monoisotopic (exact) mass is 262 g/mol. The predicted molar refractivity (Wildman–Crippen MR) is 70.5 cm³/mol. The number of likely N-dealkylation sites (N-methyl/N-ethyl adjacent to an activating group) is 1. The van der Waals surface area contributed by atoms with Crippen LogP contribution in [0.15, 0.2) is 0 Å². The Morgan fingerprint density at radius 2 is 2.00 bits per heavy atom. The third kappa shape index (κ3) is 5.81. The summed E-state index contributed by atoms with van der Waals surface area (Å²) in [6.45, 7) is 3.92. The highest BCUT2D eigenvalue weighted by molar-refractivity contribution is 7.98. The highest BCUT2D eigenvalue weighted by Crippen LogP contribution is 2.08. The van der Waals surface area contributed by atoms with Crippen molar-refractivity contribution in [3.63, 3.8) is 0 Å². The smallest absolute Gasteiger partial charge is 0.323 e. The zero-order valence-electron chi connectivity index (χ0n) is 11.0. The summed E-state index contributed by atoms with van der Waals surface area (Å²) in [5, 5.41) is 8.71. The number of nitrogens with zero attached hydrogens (tertiary/aromatic N) is 2. The molecule has 0 saturated heterocycles. The van der Waals surface area contributed by atoms with Crippen LogP contribution in [0.4, 0.5) is 4.79 Å². The summed E-state index contributed by atoms with van der Waals surface area (Å²) in [6, 6.07) is -0.0960. The number of thioether (sulfide) groups is 1. The number of hydrogen-bond acceptors (Lipinski definition) is 3. The lowest BCUT2D eigenvalue weighted by Gasteiger charge is -2.30. The first-order valence-electron chi connectivity index (χ1n) is 5.66. The molecule has 0 spiro atoms. The van der Waals surface area contributed by atoms with Crippen LogP contribution in [0.2, 0.25) is 0 Å². The van der Waals surface area contributed by atoms with Gasteiger partial charge >= 0.3 is 12.0 Å². The van der Waals surface area contributed by atoms with Crippen LogP contribution in [-0.2, 0) is 4.79 Å². The lowest BCUT2D eigenvalue weighted by Crippen LogP contribution is -2.47. The molecule has 5 nitrogen and oxygen atoms in total. The van der Waals surface area contributed by atoms with Crippen LogP contribution in [-0.4, -0.2) is 65.1 Å². The van der Waals surface area contributed by atoms with Crippen LogP contribution >= 0.6 is 11.8 Å². The molecule has 0 aromatic heterocycles. The summed E-state index contributed by atoms with van der Waals surface area (Å²) in [5.74, 6) is 0.00878. The number of carbonyl (C=O) groups is 2. The number of carbonyl (C=O) groups excluding carboxylic acids is 1. The average Bonchev–Trinajstić information content (AvgIpc) is 2.30. The van der Waals surface area contributed by atoms with Crippen LogP contribution in [0.3, 0.4) is 0 Å². The Morgan fingerprint density at radius 3 is 2.41 bits per heavy atom. The van der Waals surface area contributed by atoms with Crippen LogP contribution < -0.4 is 0 Å². The highest BCUT2D eigenvalue weighted by atomic mass is 32.2. The minimum atomic E-state index is -0.981. The van der Waals surface area contributed by atoms with Gasteiger partial charge in [-0.05, 0) is 32.3 Å². The Hall–Kier alpha value is -0.910. The van der Waals surface area contributed by atoms with Gasteiger partial charge in [-0.25, -0.2) is 4.79 Å². The Balaban J connectivity index is 4.38. The number of carboxylic acids is 1. The molecule has 100 valence electrons. The molecule has 17 heavy (non-hydrogen) atoms. The van der Waals surface area contributed by atoms with E-state index in [4.69, 9.17) is 5.11 Å². The first kappa shape index (κ1) is 16.1. The standard InChI is InChI=1S/C11H22N2O3S/c1-5-13(8-10(14)15)11(16)12(3)9(2)6-7-17-4/h9H,5-8H2,1-4H3,(H,14,15). The molecule has 1 N–H and O–H groups in total. The third-order valence-electron chi connectivity index (χ3n) is 2.68. The van der Waals surface area contributed by atoms with Gasteiger partial charge in [-0.15, -0.1) is 0 Å². The van der Waals surface area contributed by atoms with Gasteiger partial charge in [0.25, 0.3) is 0 Å². The molecule has 0 aromatic carbocycles. The first-order valence-corrected chi connectivity index (χ1v) is 7.05. The summed E-state index contributed by atoms with van der Waals surface area (Å²) < 4.78 is 0. The zero-order valence-corrected chi connectivity index (χ0v) is 11.8. The summed E-state index contributed by atoms with van der Waals surface area (Å²) >= 11 is 1.74. The van der Waals surface area contributed by atoms with E-state index in [1.807, 2.05) is 13.2 Å². The van der Waals surface area contributed by atoms with E-state index in [1.165, 1.54) is 4.90 Å². The molecule has 0 bridgehead atoms. The Kier molecular flexibility index (Phi) is 7.78. The summed E-state index contributed by atoms with van der Waals surface area (Å²) in [6.07, 6.45) is 2.94. The van der Waals surface area contributed by atoms with Gasteiger partial charge < -0.3 is 14.9 Å². The highest BCUT2D eigenvalue weighted by Gasteiger charge is 2.22. The van der Waals surface area contributed by atoms with Crippen LogP contribution in [0, 0.1) is 0 Å². The van der Waals surface area contributed by atoms with Crippen molar-refractivity contribution >= 4 is 23.8 Å². The molecule has 0 heterocycles. The molecule has 0 fully saturated rings. The Labute approximate surface area is 107 Å². The van der Waals surface area contributed by atoms with Gasteiger partial charge in [0, 0.05) is 19.6 Å². The fourth-order valence-corrected chi connectivity index (χ4v) is 1.95. The number of carboxylic acid groups (broad SMARTS) is 1. The Morgan fingerprint density at radius 1 is 1.41 bits per heavy atom. The summed E-state index contributed by atoms with van der Waals surface area (Å²) in [4.78, 5) is 25.6. The summed E-state index contributed by atoms with van der Waals surface area (Å²) in [5.41, 5.74) is 0. The topological polar surface area (TPSA) is 60.9 Å². The molecule has 0 saturated carbocycles. The van der Waals surface area contributed by atoms with E-state index in [9.17, 15) is 9.59 Å². The molecule has 0 aromatic rings. The third-order valence-corrected chi connectivity index (χ3v) is 3.32. The van der Waals surface area contributed by atoms with Crippen LogP contribution in [0.1, 0.15) is 20.3 Å². The van der Waals surface area contributed by atoms with Crippen molar-refractivity contribution < 1.29 is 14.7 Å². The second kappa shape index (κ2) is 8.22.